The SMILES string of the molecule is OC[C@H]1OC(O)[C@H](O)[C@@](O)(Cn2cc(CCCCCc3cn(C[C@]4(O)[C@@H](O)C(O)O[C@H](CO)[C@@H]4O)nn3)nn2)[C@H]1O. The highest BCUT2D eigenvalue weighted by atomic mass is 16.6. The summed E-state index contributed by atoms with van der Waals surface area (Å²) < 4.78 is 12.3. The molecule has 0 aliphatic carbocycles. The number of aryl methyl sites for hydroxylation is 2. The van der Waals surface area contributed by atoms with Crippen LogP contribution >= 0.6 is 0 Å². The highest BCUT2D eigenvalue weighted by Crippen LogP contribution is 2.32. The number of unbranched alkanes of at least 4 members (excludes halogenated alkanes) is 2. The molecule has 232 valence electrons. The smallest absolute Gasteiger partial charge is 0.184 e. The molecule has 2 unspecified atom stereocenters. The number of hydrogen-bond acceptors (Lipinski definition) is 16. The van der Waals surface area contributed by atoms with Crippen molar-refractivity contribution in [1.29, 1.82) is 0 Å². The lowest BCUT2D eigenvalue weighted by molar-refractivity contribution is -0.324. The molecule has 2 fully saturated rings. The minimum absolute atomic E-state index is 0.398. The number of ether oxygens (including phenoxy) is 2. The van der Waals surface area contributed by atoms with E-state index in [4.69, 9.17) is 9.47 Å². The Labute approximate surface area is 233 Å². The zero-order valence-corrected chi connectivity index (χ0v) is 22.1. The van der Waals surface area contributed by atoms with Crippen LogP contribution in [0.15, 0.2) is 12.4 Å². The Balaban J connectivity index is 1.23. The summed E-state index contributed by atoms with van der Waals surface area (Å²) in [6.07, 6.45) is -6.86. The maximum absolute atomic E-state index is 10.8. The third kappa shape index (κ3) is 6.58. The molecule has 10 N–H and O–H groups in total. The Morgan fingerprint density at radius 2 is 1.02 bits per heavy atom. The molecule has 2 aromatic rings. The van der Waals surface area contributed by atoms with Crippen molar-refractivity contribution < 1.29 is 60.5 Å². The van der Waals surface area contributed by atoms with E-state index >= 15 is 0 Å². The minimum atomic E-state index is -2.23. The van der Waals surface area contributed by atoms with Gasteiger partial charge in [-0.25, -0.2) is 9.36 Å². The molecule has 2 aromatic heterocycles. The highest BCUT2D eigenvalue weighted by molar-refractivity contribution is 5.04. The molecule has 0 bridgehead atoms. The van der Waals surface area contributed by atoms with Crippen molar-refractivity contribution in [2.24, 2.45) is 0 Å². The predicted octanol–water partition coefficient (Wildman–Crippen LogP) is -5.85. The summed E-state index contributed by atoms with van der Waals surface area (Å²) in [6, 6.07) is 0. The van der Waals surface area contributed by atoms with Gasteiger partial charge in [0.2, 0.25) is 0 Å². The van der Waals surface area contributed by atoms with Gasteiger partial charge in [0, 0.05) is 12.4 Å². The number of hydrogen-bond donors (Lipinski definition) is 10. The molecule has 18 heteroatoms. The van der Waals surface area contributed by atoms with Gasteiger partial charge in [0.05, 0.1) is 37.7 Å². The van der Waals surface area contributed by atoms with Crippen molar-refractivity contribution >= 4 is 0 Å². The van der Waals surface area contributed by atoms with Crippen molar-refractivity contribution in [2.45, 2.75) is 106 Å². The van der Waals surface area contributed by atoms with E-state index in [9.17, 15) is 51.1 Å². The second kappa shape index (κ2) is 13.0. The monoisotopic (exact) mass is 590 g/mol. The number of nitrogens with zero attached hydrogens (tertiary/aromatic N) is 6. The number of aliphatic hydroxyl groups is 10. The van der Waals surface area contributed by atoms with E-state index in [0.29, 0.717) is 24.2 Å². The van der Waals surface area contributed by atoms with Gasteiger partial charge in [-0.2, -0.15) is 0 Å². The Morgan fingerprint density at radius 1 is 0.634 bits per heavy atom. The lowest BCUT2D eigenvalue weighted by atomic mass is 9.84. The normalized spacial score (nSPS) is 37.9. The Bertz CT molecular complexity index is 1040. The molecule has 0 spiro atoms. The van der Waals surface area contributed by atoms with E-state index in [0.717, 1.165) is 19.3 Å². The molecule has 0 aromatic carbocycles. The molecule has 2 aliphatic heterocycles. The Morgan fingerprint density at radius 3 is 1.39 bits per heavy atom. The van der Waals surface area contributed by atoms with Crippen LogP contribution in [-0.4, -0.2) is 155 Å². The molecular formula is C23H38N6O12. The van der Waals surface area contributed by atoms with Crippen LogP contribution in [0.4, 0.5) is 0 Å². The molecule has 2 aliphatic rings. The van der Waals surface area contributed by atoms with Gasteiger partial charge in [-0.1, -0.05) is 16.8 Å². The Hall–Kier alpha value is -2.20. The van der Waals surface area contributed by atoms with Crippen molar-refractivity contribution in [3.63, 3.8) is 0 Å². The summed E-state index contributed by atoms with van der Waals surface area (Å²) in [5.74, 6) is 0. The maximum Gasteiger partial charge on any atom is 0.184 e. The summed E-state index contributed by atoms with van der Waals surface area (Å²) >= 11 is 0. The topological polar surface area (TPSA) is 282 Å². The molecule has 18 nitrogen and oxygen atoms in total. The zero-order chi connectivity index (χ0) is 29.9. The van der Waals surface area contributed by atoms with Crippen LogP contribution < -0.4 is 0 Å². The van der Waals surface area contributed by atoms with Crippen molar-refractivity contribution in [3.8, 4) is 0 Å². The molecule has 2 saturated heterocycles. The first-order chi connectivity index (χ1) is 19.4. The van der Waals surface area contributed by atoms with Crippen LogP contribution in [0.5, 0.6) is 0 Å². The summed E-state index contributed by atoms with van der Waals surface area (Å²) in [6.45, 7) is -2.15. The van der Waals surface area contributed by atoms with Gasteiger partial charge in [0.15, 0.2) is 12.6 Å². The van der Waals surface area contributed by atoms with Gasteiger partial charge < -0.3 is 60.5 Å². The van der Waals surface area contributed by atoms with Gasteiger partial charge in [0.1, 0.15) is 47.8 Å². The van der Waals surface area contributed by atoms with Crippen molar-refractivity contribution in [1.82, 2.24) is 30.0 Å². The third-order valence-electron chi connectivity index (χ3n) is 7.65. The summed E-state index contributed by atoms with van der Waals surface area (Å²) in [5, 5.41) is 117. The van der Waals surface area contributed by atoms with Gasteiger partial charge in [-0.15, -0.1) is 10.2 Å². The lowest BCUT2D eigenvalue weighted by Gasteiger charge is -2.46. The summed E-state index contributed by atoms with van der Waals surface area (Å²) in [5.41, 5.74) is -3.27. The van der Waals surface area contributed by atoms with Crippen LogP contribution in [0.2, 0.25) is 0 Å². The molecular weight excluding hydrogens is 552 g/mol. The van der Waals surface area contributed by atoms with E-state index in [-0.39, 0.29) is 0 Å². The van der Waals surface area contributed by atoms with Crippen LogP contribution in [0.1, 0.15) is 30.7 Å². The molecule has 41 heavy (non-hydrogen) atoms. The first-order valence-electron chi connectivity index (χ1n) is 13.3. The van der Waals surface area contributed by atoms with Gasteiger partial charge in [0.25, 0.3) is 0 Å². The molecule has 10 atom stereocenters. The standard InChI is InChI=1S/C23H38N6O12/c30-8-14-16(32)22(38,18(34)20(36)40-14)10-28-6-12(24-26-28)4-2-1-3-5-13-7-29(27-25-13)11-23(39)17(33)15(9-31)41-21(37)19(23)35/h6-7,14-21,30-39H,1-5,8-11H2/t14-,15-,16+,17+,18+,19+,20?,21?,22-,23-/m1/s1. The van der Waals surface area contributed by atoms with Crippen LogP contribution in [-0.2, 0) is 35.4 Å². The quantitative estimate of drug-likeness (QED) is 0.103. The van der Waals surface area contributed by atoms with Crippen molar-refractivity contribution in [2.75, 3.05) is 13.2 Å². The molecule has 0 saturated carbocycles. The number of aliphatic hydroxyl groups excluding tert-OH is 8. The van der Waals surface area contributed by atoms with Crippen molar-refractivity contribution in [3.05, 3.63) is 23.8 Å². The number of aromatic nitrogens is 6. The fourth-order valence-electron chi connectivity index (χ4n) is 5.17. The summed E-state index contributed by atoms with van der Waals surface area (Å²) in [4.78, 5) is 0. The van der Waals surface area contributed by atoms with Gasteiger partial charge in [-0.05, 0) is 25.7 Å². The molecule has 4 rings (SSSR count). The zero-order valence-electron chi connectivity index (χ0n) is 22.1. The van der Waals surface area contributed by atoms with E-state index < -0.39 is 86.7 Å². The van der Waals surface area contributed by atoms with E-state index in [2.05, 4.69) is 20.6 Å². The van der Waals surface area contributed by atoms with E-state index in [1.807, 2.05) is 0 Å². The number of rotatable bonds is 12. The van der Waals surface area contributed by atoms with Crippen LogP contribution in [0, 0.1) is 0 Å². The van der Waals surface area contributed by atoms with E-state index in [1.165, 1.54) is 9.36 Å². The second-order valence-electron chi connectivity index (χ2n) is 10.6. The van der Waals surface area contributed by atoms with Crippen LogP contribution in [0.3, 0.4) is 0 Å². The lowest BCUT2D eigenvalue weighted by Crippen LogP contribution is -2.68. The largest absolute Gasteiger partial charge is 0.394 e. The maximum atomic E-state index is 10.8. The average Bonchev–Trinajstić information content (AvgIpc) is 3.59. The molecule has 4 heterocycles. The molecule has 0 amide bonds. The fourth-order valence-corrected chi connectivity index (χ4v) is 5.17. The third-order valence-corrected chi connectivity index (χ3v) is 7.65. The van der Waals surface area contributed by atoms with E-state index in [1.54, 1.807) is 12.4 Å². The first kappa shape index (κ1) is 31.7. The highest BCUT2D eigenvalue weighted by Gasteiger charge is 2.56. The minimum Gasteiger partial charge on any atom is -0.394 e. The second-order valence-corrected chi connectivity index (χ2v) is 10.6. The Kier molecular flexibility index (Phi) is 10.0. The van der Waals surface area contributed by atoms with Crippen LogP contribution in [0.25, 0.3) is 0 Å². The van der Waals surface area contributed by atoms with Gasteiger partial charge in [-0.3, -0.25) is 0 Å². The average molecular weight is 591 g/mol. The first-order valence-corrected chi connectivity index (χ1v) is 13.3. The predicted molar refractivity (Wildman–Crippen MR) is 131 cm³/mol. The fraction of sp³-hybridized carbons (Fsp3) is 0.826. The molecule has 0 radical (unpaired) electrons. The van der Waals surface area contributed by atoms with Gasteiger partial charge >= 0.3 is 0 Å². The summed E-state index contributed by atoms with van der Waals surface area (Å²) in [7, 11) is 0.